The minimum Gasteiger partial charge on any atom is -0.476 e. The molecule has 0 aliphatic carbocycles. The second-order valence-electron chi connectivity index (χ2n) is 8.90. The van der Waals surface area contributed by atoms with Crippen LogP contribution in [0.3, 0.4) is 0 Å². The molecule has 0 radical (unpaired) electrons. The van der Waals surface area contributed by atoms with E-state index in [1.165, 1.54) is 5.69 Å². The molecule has 0 bridgehead atoms. The molecular weight excluding hydrogens is 374 g/mol. The van der Waals surface area contributed by atoms with Crippen molar-refractivity contribution in [3.05, 3.63) is 42.2 Å². The number of fused-ring (bicyclic) bond motifs is 1. The fourth-order valence-electron chi connectivity index (χ4n) is 4.58. The first-order valence-electron chi connectivity index (χ1n) is 11.6. The monoisotopic (exact) mass is 411 g/mol. The zero-order valence-electron chi connectivity index (χ0n) is 19.0. The van der Waals surface area contributed by atoms with Crippen molar-refractivity contribution in [2.75, 3.05) is 44.2 Å². The van der Waals surface area contributed by atoms with Crippen molar-refractivity contribution in [1.82, 2.24) is 19.2 Å². The molecule has 6 heteroatoms. The highest BCUT2D eigenvalue weighted by molar-refractivity contribution is 5.56. The standard InChI is InChI=1S/C24H37N5O/c1-5-6-24(28-15-13-26(14-16-28)19(2)3)30-22-8-11-27(12-9-22)21-7-10-29-18-20(4)25-23(29)17-21/h6-7,10,17-19,22H,5,8-9,11-16H2,1-4H3/b24-6-. The second kappa shape index (κ2) is 9.29. The van der Waals surface area contributed by atoms with Crippen LogP contribution in [0.4, 0.5) is 5.69 Å². The molecule has 2 aliphatic heterocycles. The lowest BCUT2D eigenvalue weighted by Gasteiger charge is -2.40. The van der Waals surface area contributed by atoms with E-state index in [0.717, 1.165) is 75.8 Å². The molecule has 6 nitrogen and oxygen atoms in total. The Labute approximate surface area is 181 Å². The van der Waals surface area contributed by atoms with Crippen LogP contribution in [-0.4, -0.2) is 70.6 Å². The van der Waals surface area contributed by atoms with E-state index in [-0.39, 0.29) is 0 Å². The van der Waals surface area contributed by atoms with Crippen LogP contribution in [0, 0.1) is 6.92 Å². The zero-order chi connectivity index (χ0) is 21.1. The van der Waals surface area contributed by atoms with Crippen LogP contribution in [-0.2, 0) is 4.74 Å². The van der Waals surface area contributed by atoms with Gasteiger partial charge in [-0.1, -0.05) is 6.92 Å². The van der Waals surface area contributed by atoms with Crippen LogP contribution in [0.25, 0.3) is 5.65 Å². The molecular formula is C24H37N5O. The summed E-state index contributed by atoms with van der Waals surface area (Å²) in [6.45, 7) is 15.2. The molecule has 2 saturated heterocycles. The lowest BCUT2D eigenvalue weighted by Crippen LogP contribution is -2.49. The van der Waals surface area contributed by atoms with Crippen molar-refractivity contribution < 1.29 is 4.74 Å². The first kappa shape index (κ1) is 21.0. The van der Waals surface area contributed by atoms with Crippen LogP contribution in [0.1, 0.15) is 45.7 Å². The van der Waals surface area contributed by atoms with Gasteiger partial charge in [-0.3, -0.25) is 4.90 Å². The molecule has 0 aromatic carbocycles. The van der Waals surface area contributed by atoms with Gasteiger partial charge in [-0.25, -0.2) is 4.98 Å². The number of pyridine rings is 1. The van der Waals surface area contributed by atoms with Crippen LogP contribution in [0.15, 0.2) is 36.5 Å². The van der Waals surface area contributed by atoms with Crippen LogP contribution in [0.2, 0.25) is 0 Å². The molecule has 164 valence electrons. The summed E-state index contributed by atoms with van der Waals surface area (Å²) in [5.74, 6) is 1.11. The topological polar surface area (TPSA) is 36.3 Å². The summed E-state index contributed by atoms with van der Waals surface area (Å²) in [6.07, 6.45) is 9.90. The van der Waals surface area contributed by atoms with Gasteiger partial charge in [-0.15, -0.1) is 0 Å². The Hall–Kier alpha value is -2.21. The Morgan fingerprint density at radius 2 is 1.90 bits per heavy atom. The number of aromatic nitrogens is 2. The quantitative estimate of drug-likeness (QED) is 0.674. The molecule has 0 atom stereocenters. The summed E-state index contributed by atoms with van der Waals surface area (Å²) in [5, 5.41) is 0. The van der Waals surface area contributed by atoms with E-state index in [0.29, 0.717) is 12.1 Å². The van der Waals surface area contributed by atoms with Gasteiger partial charge in [0.15, 0.2) is 5.88 Å². The zero-order valence-corrected chi connectivity index (χ0v) is 19.0. The van der Waals surface area contributed by atoms with Gasteiger partial charge in [0, 0.05) is 82.3 Å². The smallest absolute Gasteiger partial charge is 0.185 e. The van der Waals surface area contributed by atoms with E-state index in [1.54, 1.807) is 0 Å². The average molecular weight is 412 g/mol. The predicted octanol–water partition coefficient (Wildman–Crippen LogP) is 3.91. The lowest BCUT2D eigenvalue weighted by molar-refractivity contribution is 0.0136. The van der Waals surface area contributed by atoms with Crippen LogP contribution >= 0.6 is 0 Å². The van der Waals surface area contributed by atoms with Crippen LogP contribution < -0.4 is 4.90 Å². The van der Waals surface area contributed by atoms with Crippen molar-refractivity contribution in [2.24, 2.45) is 0 Å². The van der Waals surface area contributed by atoms with E-state index in [4.69, 9.17) is 4.74 Å². The van der Waals surface area contributed by atoms with Crippen molar-refractivity contribution >= 4 is 11.3 Å². The van der Waals surface area contributed by atoms with E-state index in [1.807, 2.05) is 6.92 Å². The molecule has 2 aromatic heterocycles. The number of rotatable bonds is 6. The van der Waals surface area contributed by atoms with Gasteiger partial charge in [0.2, 0.25) is 0 Å². The van der Waals surface area contributed by atoms with Gasteiger partial charge in [0.1, 0.15) is 11.8 Å². The molecule has 0 unspecified atom stereocenters. The van der Waals surface area contributed by atoms with Crippen molar-refractivity contribution in [3.8, 4) is 0 Å². The second-order valence-corrected chi connectivity index (χ2v) is 8.90. The van der Waals surface area contributed by atoms with Gasteiger partial charge in [0.05, 0.1) is 5.69 Å². The Bertz CT molecular complexity index is 858. The lowest BCUT2D eigenvalue weighted by atomic mass is 10.1. The highest BCUT2D eigenvalue weighted by atomic mass is 16.5. The molecule has 2 aromatic rings. The number of anilines is 1. The third kappa shape index (κ3) is 4.75. The summed E-state index contributed by atoms with van der Waals surface area (Å²) in [5.41, 5.74) is 3.35. The number of imidazole rings is 1. The van der Waals surface area contributed by atoms with E-state index in [9.17, 15) is 0 Å². The summed E-state index contributed by atoms with van der Waals surface area (Å²) >= 11 is 0. The number of nitrogens with zero attached hydrogens (tertiary/aromatic N) is 5. The Morgan fingerprint density at radius 3 is 2.57 bits per heavy atom. The van der Waals surface area contributed by atoms with E-state index in [2.05, 4.69) is 75.5 Å². The maximum atomic E-state index is 6.55. The number of aryl methyl sites for hydroxylation is 1. The summed E-state index contributed by atoms with van der Waals surface area (Å²) in [6, 6.07) is 5.03. The van der Waals surface area contributed by atoms with Gasteiger partial charge in [-0.2, -0.15) is 0 Å². The minimum absolute atomic E-state index is 0.305. The molecule has 2 fully saturated rings. The van der Waals surface area contributed by atoms with Crippen LogP contribution in [0.5, 0.6) is 0 Å². The minimum atomic E-state index is 0.305. The number of hydrogen-bond acceptors (Lipinski definition) is 5. The molecule has 4 heterocycles. The van der Waals surface area contributed by atoms with E-state index < -0.39 is 0 Å². The Morgan fingerprint density at radius 1 is 1.17 bits per heavy atom. The third-order valence-corrected chi connectivity index (χ3v) is 6.39. The average Bonchev–Trinajstić information content (AvgIpc) is 3.13. The number of allylic oxidation sites excluding steroid dienone is 1. The highest BCUT2D eigenvalue weighted by Crippen LogP contribution is 2.25. The van der Waals surface area contributed by atoms with Crippen molar-refractivity contribution in [2.45, 2.75) is 59.1 Å². The van der Waals surface area contributed by atoms with E-state index >= 15 is 0 Å². The SMILES string of the molecule is CC/C=C(\OC1CCN(c2ccn3cc(C)nc3c2)CC1)N1CCN(C(C)C)CC1. The van der Waals surface area contributed by atoms with Gasteiger partial charge in [-0.05, 0) is 39.3 Å². The van der Waals surface area contributed by atoms with Crippen molar-refractivity contribution in [1.29, 1.82) is 0 Å². The molecule has 0 amide bonds. The fourth-order valence-corrected chi connectivity index (χ4v) is 4.58. The molecule has 0 N–H and O–H groups in total. The normalized spacial score (nSPS) is 19.8. The Kier molecular flexibility index (Phi) is 6.52. The molecule has 30 heavy (non-hydrogen) atoms. The predicted molar refractivity (Wildman–Crippen MR) is 123 cm³/mol. The number of hydrogen-bond donors (Lipinski definition) is 0. The Balaban J connectivity index is 1.33. The third-order valence-electron chi connectivity index (χ3n) is 6.39. The maximum Gasteiger partial charge on any atom is 0.185 e. The van der Waals surface area contributed by atoms with Gasteiger partial charge < -0.3 is 18.9 Å². The van der Waals surface area contributed by atoms with Gasteiger partial charge in [0.25, 0.3) is 0 Å². The largest absolute Gasteiger partial charge is 0.476 e. The van der Waals surface area contributed by atoms with Gasteiger partial charge >= 0.3 is 0 Å². The summed E-state index contributed by atoms with van der Waals surface area (Å²) in [7, 11) is 0. The molecule has 2 aliphatic rings. The molecule has 0 spiro atoms. The van der Waals surface area contributed by atoms with Crippen molar-refractivity contribution in [3.63, 3.8) is 0 Å². The summed E-state index contributed by atoms with van der Waals surface area (Å²) < 4.78 is 8.64. The first-order chi connectivity index (χ1) is 14.5. The summed E-state index contributed by atoms with van der Waals surface area (Å²) in [4.78, 5) is 12.1. The molecule has 4 rings (SSSR count). The first-order valence-corrected chi connectivity index (χ1v) is 11.6. The number of ether oxygens (including phenoxy) is 1. The highest BCUT2D eigenvalue weighted by Gasteiger charge is 2.26. The number of piperazine rings is 1. The number of piperidine rings is 1. The fraction of sp³-hybridized carbons (Fsp3) is 0.625. The maximum absolute atomic E-state index is 6.55. The molecule has 0 saturated carbocycles.